The zero-order valence-electron chi connectivity index (χ0n) is 12.5. The number of fused-ring (bicyclic) bond motifs is 5. The maximum Gasteiger partial charge on any atom is 0.0891 e. The second-order valence-corrected chi connectivity index (χ2v) is 6.41. The molecule has 3 aromatic carbocycles. The van der Waals surface area contributed by atoms with Gasteiger partial charge in [0.25, 0.3) is 0 Å². The van der Waals surface area contributed by atoms with Gasteiger partial charge in [-0.05, 0) is 51.7 Å². The van der Waals surface area contributed by atoms with E-state index in [1.165, 1.54) is 21.5 Å². The summed E-state index contributed by atoms with van der Waals surface area (Å²) in [5, 5.41) is 6.75. The Morgan fingerprint density at radius 1 is 0.957 bits per heavy atom. The van der Waals surface area contributed by atoms with Crippen LogP contribution < -0.4 is 0 Å². The van der Waals surface area contributed by atoms with Crippen LogP contribution in [0.4, 0.5) is 0 Å². The molecular weight excluding hydrogens is 306 g/mol. The van der Waals surface area contributed by atoms with Crippen LogP contribution >= 0.6 is 11.6 Å². The summed E-state index contributed by atoms with van der Waals surface area (Å²) in [5.41, 5.74) is 3.07. The molecule has 5 rings (SSSR count). The summed E-state index contributed by atoms with van der Waals surface area (Å²) in [5.74, 6) is 0. The molecule has 112 valence electrons. The summed E-state index contributed by atoms with van der Waals surface area (Å²) < 4.78 is 5.52. The van der Waals surface area contributed by atoms with E-state index in [2.05, 4.69) is 48.5 Å². The normalized spacial score (nSPS) is 14.5. The number of ether oxygens (including phenoxy) is 1. The second kappa shape index (κ2) is 4.92. The third kappa shape index (κ3) is 1.95. The molecule has 0 saturated carbocycles. The summed E-state index contributed by atoms with van der Waals surface area (Å²) >= 11 is 6.79. The average Bonchev–Trinajstić information content (AvgIpc) is 2.60. The molecule has 0 spiro atoms. The van der Waals surface area contributed by atoms with Gasteiger partial charge in [-0.25, -0.2) is 4.98 Å². The van der Waals surface area contributed by atoms with Crippen LogP contribution in [0.1, 0.15) is 11.3 Å². The molecule has 0 saturated heterocycles. The Hall–Kier alpha value is -2.16. The lowest BCUT2D eigenvalue weighted by Gasteiger charge is -2.19. The number of hydrogen-bond acceptors (Lipinski definition) is 2. The van der Waals surface area contributed by atoms with Gasteiger partial charge < -0.3 is 4.74 Å². The first-order chi connectivity index (χ1) is 11.3. The van der Waals surface area contributed by atoms with Crippen LogP contribution in [0.25, 0.3) is 32.4 Å². The van der Waals surface area contributed by atoms with E-state index in [9.17, 15) is 0 Å². The quantitative estimate of drug-likeness (QED) is 0.325. The summed E-state index contributed by atoms with van der Waals surface area (Å²) in [6.07, 6.45) is 0.834. The van der Waals surface area contributed by atoms with Crippen molar-refractivity contribution in [1.82, 2.24) is 4.98 Å². The van der Waals surface area contributed by atoms with E-state index in [1.807, 2.05) is 0 Å². The van der Waals surface area contributed by atoms with Crippen molar-refractivity contribution in [2.24, 2.45) is 0 Å². The molecule has 0 N–H and O–H groups in total. The number of benzene rings is 3. The number of nitrogens with zero attached hydrogens (tertiary/aromatic N) is 1. The van der Waals surface area contributed by atoms with Gasteiger partial charge >= 0.3 is 0 Å². The fraction of sp³-hybridized carbons (Fsp3) is 0.150. The Labute approximate surface area is 138 Å². The molecule has 4 aromatic rings. The third-order valence-electron chi connectivity index (χ3n) is 4.69. The Kier molecular flexibility index (Phi) is 2.84. The summed E-state index contributed by atoms with van der Waals surface area (Å²) in [4.78, 5) is 4.80. The van der Waals surface area contributed by atoms with Crippen LogP contribution in [0.2, 0.25) is 5.02 Å². The van der Waals surface area contributed by atoms with Gasteiger partial charge in [0.05, 0.1) is 29.4 Å². The first-order valence-electron chi connectivity index (χ1n) is 7.81. The second-order valence-electron chi connectivity index (χ2n) is 6.03. The number of halogens is 1. The number of pyridine rings is 1. The van der Waals surface area contributed by atoms with Crippen LogP contribution in [0.3, 0.4) is 0 Å². The van der Waals surface area contributed by atoms with Gasteiger partial charge in [0.1, 0.15) is 0 Å². The first kappa shape index (κ1) is 13.3. The van der Waals surface area contributed by atoms with Gasteiger partial charge in [0, 0.05) is 5.39 Å². The molecule has 0 aliphatic carbocycles. The van der Waals surface area contributed by atoms with Crippen LogP contribution in [0.15, 0.2) is 48.5 Å². The SMILES string of the molecule is Clc1c2c(nc3ccc4cc5ccccc5cc4c13)COCC2. The van der Waals surface area contributed by atoms with Crippen molar-refractivity contribution in [2.45, 2.75) is 13.0 Å². The highest BCUT2D eigenvalue weighted by Crippen LogP contribution is 2.37. The highest BCUT2D eigenvalue weighted by Gasteiger charge is 2.18. The van der Waals surface area contributed by atoms with Gasteiger partial charge in [-0.15, -0.1) is 0 Å². The average molecular weight is 320 g/mol. The molecule has 0 bridgehead atoms. The third-order valence-corrected chi connectivity index (χ3v) is 5.10. The van der Waals surface area contributed by atoms with E-state index in [-0.39, 0.29) is 0 Å². The lowest BCUT2D eigenvalue weighted by molar-refractivity contribution is 0.108. The maximum absolute atomic E-state index is 6.79. The maximum atomic E-state index is 6.79. The fourth-order valence-corrected chi connectivity index (χ4v) is 3.94. The number of rotatable bonds is 0. The summed E-state index contributed by atoms with van der Waals surface area (Å²) in [6.45, 7) is 1.27. The van der Waals surface area contributed by atoms with Gasteiger partial charge in [-0.1, -0.05) is 41.9 Å². The Morgan fingerprint density at radius 2 is 1.78 bits per heavy atom. The van der Waals surface area contributed by atoms with Crippen molar-refractivity contribution in [3.05, 3.63) is 64.8 Å². The Bertz CT molecular complexity index is 1090. The van der Waals surface area contributed by atoms with Crippen molar-refractivity contribution in [1.29, 1.82) is 0 Å². The zero-order chi connectivity index (χ0) is 15.4. The molecule has 2 nitrogen and oxygen atoms in total. The largest absolute Gasteiger partial charge is 0.375 e. The molecule has 0 radical (unpaired) electrons. The Morgan fingerprint density at radius 3 is 2.65 bits per heavy atom. The smallest absolute Gasteiger partial charge is 0.0891 e. The predicted molar refractivity (Wildman–Crippen MR) is 95.1 cm³/mol. The highest BCUT2D eigenvalue weighted by molar-refractivity contribution is 6.38. The van der Waals surface area contributed by atoms with Crippen molar-refractivity contribution < 1.29 is 4.74 Å². The minimum Gasteiger partial charge on any atom is -0.375 e. The topological polar surface area (TPSA) is 22.1 Å². The number of aromatic nitrogens is 1. The molecule has 1 aromatic heterocycles. The lowest BCUT2D eigenvalue weighted by Crippen LogP contribution is -2.12. The molecule has 3 heteroatoms. The minimum atomic E-state index is 0.556. The molecule has 1 aliphatic rings. The van der Waals surface area contributed by atoms with Crippen LogP contribution in [0.5, 0.6) is 0 Å². The van der Waals surface area contributed by atoms with Crippen molar-refractivity contribution in [3.63, 3.8) is 0 Å². The van der Waals surface area contributed by atoms with Gasteiger partial charge in [-0.2, -0.15) is 0 Å². The molecule has 1 aliphatic heterocycles. The van der Waals surface area contributed by atoms with E-state index in [0.29, 0.717) is 13.2 Å². The van der Waals surface area contributed by atoms with Crippen molar-refractivity contribution in [3.8, 4) is 0 Å². The van der Waals surface area contributed by atoms with Gasteiger partial charge in [-0.3, -0.25) is 0 Å². The van der Waals surface area contributed by atoms with Gasteiger partial charge in [0.15, 0.2) is 0 Å². The molecular formula is C20H14ClNO. The van der Waals surface area contributed by atoms with Gasteiger partial charge in [0.2, 0.25) is 0 Å². The highest BCUT2D eigenvalue weighted by atomic mass is 35.5. The summed E-state index contributed by atoms with van der Waals surface area (Å²) in [7, 11) is 0. The van der Waals surface area contributed by atoms with E-state index < -0.39 is 0 Å². The minimum absolute atomic E-state index is 0.556. The molecule has 23 heavy (non-hydrogen) atoms. The van der Waals surface area contributed by atoms with E-state index in [1.54, 1.807) is 0 Å². The summed E-state index contributed by atoms with van der Waals surface area (Å²) in [6, 6.07) is 17.1. The lowest BCUT2D eigenvalue weighted by atomic mass is 9.97. The van der Waals surface area contributed by atoms with Crippen LogP contribution in [0, 0.1) is 0 Å². The first-order valence-corrected chi connectivity index (χ1v) is 8.19. The fourth-order valence-electron chi connectivity index (χ4n) is 3.53. The van der Waals surface area contributed by atoms with Crippen LogP contribution in [-0.4, -0.2) is 11.6 Å². The van der Waals surface area contributed by atoms with Crippen LogP contribution in [-0.2, 0) is 17.8 Å². The van der Waals surface area contributed by atoms with E-state index in [0.717, 1.165) is 33.6 Å². The predicted octanol–water partition coefficient (Wildman–Crippen LogP) is 5.27. The molecule has 0 atom stereocenters. The molecule has 0 amide bonds. The van der Waals surface area contributed by atoms with Crippen molar-refractivity contribution in [2.75, 3.05) is 6.61 Å². The molecule has 0 fully saturated rings. The zero-order valence-corrected chi connectivity index (χ0v) is 13.2. The van der Waals surface area contributed by atoms with E-state index in [4.69, 9.17) is 21.3 Å². The standard InChI is InChI=1S/C20H14ClNO/c21-20-15-7-8-23-11-18(15)22-17-6-5-14-9-12-3-1-2-4-13(12)10-16(14)19(17)20/h1-6,9-10H,7-8,11H2. The van der Waals surface area contributed by atoms with Crippen molar-refractivity contribution >= 4 is 44.0 Å². The monoisotopic (exact) mass is 319 g/mol. The number of hydrogen-bond donors (Lipinski definition) is 0. The Balaban J connectivity index is 1.96. The molecule has 0 unspecified atom stereocenters. The molecule has 2 heterocycles. The van der Waals surface area contributed by atoms with E-state index >= 15 is 0 Å².